The molecule has 1 aliphatic rings. The first kappa shape index (κ1) is 6.46. The van der Waals surface area contributed by atoms with Crippen molar-refractivity contribution in [2.45, 2.75) is 18.8 Å². The summed E-state index contributed by atoms with van der Waals surface area (Å²) in [4.78, 5) is 10.6. The summed E-state index contributed by atoms with van der Waals surface area (Å²) < 4.78 is 5.07. The third kappa shape index (κ3) is 1.02. The van der Waals surface area contributed by atoms with E-state index in [9.17, 15) is 4.79 Å². The third-order valence-electron chi connectivity index (χ3n) is 1.87. The SMILES string of the molecule is O=C(O)c1ccoc1C1CC1. The zero-order valence-electron chi connectivity index (χ0n) is 5.91. The van der Waals surface area contributed by atoms with E-state index in [1.165, 1.54) is 12.3 Å². The molecule has 1 aliphatic carbocycles. The number of hydrogen-bond acceptors (Lipinski definition) is 2. The summed E-state index contributed by atoms with van der Waals surface area (Å²) in [7, 11) is 0. The van der Waals surface area contributed by atoms with Crippen LogP contribution in [0, 0.1) is 0 Å². The molecule has 0 aromatic carbocycles. The third-order valence-corrected chi connectivity index (χ3v) is 1.87. The molecular formula is C8H8O3. The van der Waals surface area contributed by atoms with Crippen molar-refractivity contribution in [2.24, 2.45) is 0 Å². The fourth-order valence-electron chi connectivity index (χ4n) is 1.16. The summed E-state index contributed by atoms with van der Waals surface area (Å²) in [6.07, 6.45) is 3.57. The largest absolute Gasteiger partial charge is 0.478 e. The summed E-state index contributed by atoms with van der Waals surface area (Å²) in [6, 6.07) is 1.51. The standard InChI is InChI=1S/C8H8O3/c9-8(10)6-3-4-11-7(6)5-1-2-5/h3-5H,1-2H2,(H,9,10). The molecule has 1 aromatic rings. The van der Waals surface area contributed by atoms with Gasteiger partial charge in [-0.3, -0.25) is 0 Å². The van der Waals surface area contributed by atoms with Crippen LogP contribution in [0.3, 0.4) is 0 Å². The van der Waals surface area contributed by atoms with Crippen LogP contribution < -0.4 is 0 Å². The molecular weight excluding hydrogens is 144 g/mol. The fraction of sp³-hybridized carbons (Fsp3) is 0.375. The minimum atomic E-state index is -0.888. The Morgan fingerprint density at radius 1 is 1.64 bits per heavy atom. The van der Waals surface area contributed by atoms with Crippen LogP contribution in [-0.2, 0) is 0 Å². The smallest absolute Gasteiger partial charge is 0.339 e. The van der Waals surface area contributed by atoms with Crippen LogP contribution in [0.15, 0.2) is 16.7 Å². The minimum absolute atomic E-state index is 0.326. The van der Waals surface area contributed by atoms with Gasteiger partial charge in [-0.15, -0.1) is 0 Å². The van der Waals surface area contributed by atoms with E-state index in [4.69, 9.17) is 9.52 Å². The van der Waals surface area contributed by atoms with Crippen LogP contribution in [0.25, 0.3) is 0 Å². The van der Waals surface area contributed by atoms with Crippen molar-refractivity contribution in [1.82, 2.24) is 0 Å². The molecule has 11 heavy (non-hydrogen) atoms. The Bertz CT molecular complexity index is 283. The lowest BCUT2D eigenvalue weighted by atomic mass is 10.2. The summed E-state index contributed by atoms with van der Waals surface area (Å²) in [5.74, 6) is 0.134. The van der Waals surface area contributed by atoms with Crippen LogP contribution in [-0.4, -0.2) is 11.1 Å². The van der Waals surface area contributed by atoms with Crippen LogP contribution in [0.1, 0.15) is 34.9 Å². The van der Waals surface area contributed by atoms with Gasteiger partial charge in [0.05, 0.1) is 6.26 Å². The van der Waals surface area contributed by atoms with Crippen LogP contribution >= 0.6 is 0 Å². The number of carboxylic acids is 1. The Hall–Kier alpha value is -1.25. The van der Waals surface area contributed by atoms with Gasteiger partial charge in [-0.1, -0.05) is 0 Å². The zero-order valence-corrected chi connectivity index (χ0v) is 5.91. The molecule has 0 bridgehead atoms. The fourth-order valence-corrected chi connectivity index (χ4v) is 1.16. The van der Waals surface area contributed by atoms with Crippen molar-refractivity contribution in [2.75, 3.05) is 0 Å². The monoisotopic (exact) mass is 152 g/mol. The van der Waals surface area contributed by atoms with Gasteiger partial charge in [-0.05, 0) is 18.9 Å². The predicted molar refractivity (Wildman–Crippen MR) is 37.6 cm³/mol. The molecule has 58 valence electrons. The molecule has 1 heterocycles. The average Bonchev–Trinajstić information content (AvgIpc) is 2.68. The molecule has 1 fully saturated rings. The zero-order chi connectivity index (χ0) is 7.84. The molecule has 0 saturated heterocycles. The summed E-state index contributed by atoms with van der Waals surface area (Å²) in [5.41, 5.74) is 0.326. The number of carbonyl (C=O) groups is 1. The second kappa shape index (κ2) is 2.12. The van der Waals surface area contributed by atoms with Crippen molar-refractivity contribution in [3.8, 4) is 0 Å². The van der Waals surface area contributed by atoms with Crippen LogP contribution in [0.4, 0.5) is 0 Å². The highest BCUT2D eigenvalue weighted by atomic mass is 16.4. The Kier molecular flexibility index (Phi) is 1.24. The van der Waals surface area contributed by atoms with Crippen molar-refractivity contribution in [3.63, 3.8) is 0 Å². The van der Waals surface area contributed by atoms with E-state index in [1.807, 2.05) is 0 Å². The molecule has 0 spiro atoms. The highest BCUT2D eigenvalue weighted by Crippen LogP contribution is 2.41. The summed E-state index contributed by atoms with van der Waals surface area (Å²) in [5, 5.41) is 8.67. The molecule has 1 N–H and O–H groups in total. The molecule has 1 aromatic heterocycles. The summed E-state index contributed by atoms with van der Waals surface area (Å²) >= 11 is 0. The second-order valence-corrected chi connectivity index (χ2v) is 2.78. The van der Waals surface area contributed by atoms with Crippen molar-refractivity contribution < 1.29 is 14.3 Å². The van der Waals surface area contributed by atoms with E-state index in [1.54, 1.807) is 0 Å². The van der Waals surface area contributed by atoms with E-state index < -0.39 is 5.97 Å². The number of aromatic carboxylic acids is 1. The van der Waals surface area contributed by atoms with Gasteiger partial charge in [-0.2, -0.15) is 0 Å². The maximum atomic E-state index is 10.6. The number of hydrogen-bond donors (Lipinski definition) is 1. The van der Waals surface area contributed by atoms with Crippen molar-refractivity contribution in [3.05, 3.63) is 23.7 Å². The van der Waals surface area contributed by atoms with Crippen LogP contribution in [0.5, 0.6) is 0 Å². The number of furan rings is 1. The lowest BCUT2D eigenvalue weighted by Crippen LogP contribution is -1.97. The first-order valence-corrected chi connectivity index (χ1v) is 3.59. The van der Waals surface area contributed by atoms with Gasteiger partial charge < -0.3 is 9.52 Å². The van der Waals surface area contributed by atoms with E-state index in [0.29, 0.717) is 17.2 Å². The molecule has 3 nitrogen and oxygen atoms in total. The highest BCUT2D eigenvalue weighted by molar-refractivity contribution is 5.88. The quantitative estimate of drug-likeness (QED) is 0.703. The Morgan fingerprint density at radius 2 is 2.36 bits per heavy atom. The molecule has 3 heteroatoms. The van der Waals surface area contributed by atoms with Gasteiger partial charge in [0.15, 0.2) is 0 Å². The van der Waals surface area contributed by atoms with E-state index >= 15 is 0 Å². The Balaban J connectivity index is 2.37. The highest BCUT2D eigenvalue weighted by Gasteiger charge is 2.30. The molecule has 2 rings (SSSR count). The molecule has 0 atom stereocenters. The Morgan fingerprint density at radius 3 is 2.91 bits per heavy atom. The molecule has 0 unspecified atom stereocenters. The van der Waals surface area contributed by atoms with Gasteiger partial charge in [0, 0.05) is 5.92 Å². The lowest BCUT2D eigenvalue weighted by Gasteiger charge is -1.92. The molecule has 1 saturated carbocycles. The summed E-state index contributed by atoms with van der Waals surface area (Å²) in [6.45, 7) is 0. The topological polar surface area (TPSA) is 50.4 Å². The minimum Gasteiger partial charge on any atom is -0.478 e. The number of carboxylic acid groups (broad SMARTS) is 1. The normalized spacial score (nSPS) is 16.7. The van der Waals surface area contributed by atoms with Gasteiger partial charge in [0.1, 0.15) is 11.3 Å². The van der Waals surface area contributed by atoms with Gasteiger partial charge >= 0.3 is 5.97 Å². The maximum Gasteiger partial charge on any atom is 0.339 e. The van der Waals surface area contributed by atoms with E-state index in [-0.39, 0.29) is 0 Å². The van der Waals surface area contributed by atoms with Gasteiger partial charge in [-0.25, -0.2) is 4.79 Å². The van der Waals surface area contributed by atoms with Gasteiger partial charge in [0.2, 0.25) is 0 Å². The second-order valence-electron chi connectivity index (χ2n) is 2.78. The van der Waals surface area contributed by atoms with Gasteiger partial charge in [0.25, 0.3) is 0 Å². The van der Waals surface area contributed by atoms with Crippen molar-refractivity contribution >= 4 is 5.97 Å². The van der Waals surface area contributed by atoms with Crippen LogP contribution in [0.2, 0.25) is 0 Å². The molecule has 0 aliphatic heterocycles. The Labute approximate surface area is 63.6 Å². The average molecular weight is 152 g/mol. The maximum absolute atomic E-state index is 10.6. The number of rotatable bonds is 2. The first-order chi connectivity index (χ1) is 5.29. The van der Waals surface area contributed by atoms with E-state index in [0.717, 1.165) is 12.8 Å². The van der Waals surface area contributed by atoms with Crippen molar-refractivity contribution in [1.29, 1.82) is 0 Å². The lowest BCUT2D eigenvalue weighted by molar-refractivity contribution is 0.0694. The predicted octanol–water partition coefficient (Wildman–Crippen LogP) is 1.86. The molecule has 0 radical (unpaired) electrons. The van der Waals surface area contributed by atoms with E-state index in [2.05, 4.69) is 0 Å². The molecule has 0 amide bonds. The first-order valence-electron chi connectivity index (χ1n) is 3.59.